The zero-order chi connectivity index (χ0) is 22.5. The first kappa shape index (κ1) is 20.1. The number of hydrogen-bond acceptors (Lipinski definition) is 14. The topological polar surface area (TPSA) is 230 Å². The van der Waals surface area contributed by atoms with Crippen molar-refractivity contribution in [3.8, 4) is 0 Å². The van der Waals surface area contributed by atoms with Crippen molar-refractivity contribution in [3.63, 3.8) is 0 Å². The van der Waals surface area contributed by atoms with E-state index in [0.717, 1.165) is 11.4 Å². The van der Waals surface area contributed by atoms with E-state index in [9.17, 15) is 0 Å². The lowest BCUT2D eigenvalue weighted by atomic mass is 10.3. The third kappa shape index (κ3) is 5.26. The van der Waals surface area contributed by atoms with Crippen LogP contribution in [0.3, 0.4) is 0 Å². The SMILES string of the molecule is Nc1nc(N)nc(Nc2ccc(/N=N/c3ccc(Nc4nc(N)nc(N)n4)cc3)cc2)n1. The smallest absolute Gasteiger partial charge is 0.233 e. The normalized spacial score (nSPS) is 10.9. The Morgan fingerprint density at radius 2 is 0.781 bits per heavy atom. The third-order valence-corrected chi connectivity index (χ3v) is 3.87. The van der Waals surface area contributed by atoms with Crippen LogP contribution in [0, 0.1) is 0 Å². The molecule has 10 N–H and O–H groups in total. The molecule has 14 nitrogen and oxygen atoms in total. The molecule has 0 saturated carbocycles. The van der Waals surface area contributed by atoms with Gasteiger partial charge in [0.05, 0.1) is 11.4 Å². The molecule has 0 aliphatic carbocycles. The number of benzene rings is 2. The molecule has 2 heterocycles. The molecule has 2 aromatic heterocycles. The fraction of sp³-hybridized carbons (Fsp3) is 0. The Kier molecular flexibility index (Phi) is 5.48. The van der Waals surface area contributed by atoms with Gasteiger partial charge in [0.25, 0.3) is 0 Å². The second-order valence-electron chi connectivity index (χ2n) is 6.29. The molecule has 4 aromatic rings. The lowest BCUT2D eigenvalue weighted by Gasteiger charge is -2.06. The maximum Gasteiger partial charge on any atom is 0.233 e. The number of azo groups is 1. The summed E-state index contributed by atoms with van der Waals surface area (Å²) in [6, 6.07) is 14.3. The Morgan fingerprint density at radius 3 is 1.09 bits per heavy atom. The Morgan fingerprint density at radius 1 is 0.469 bits per heavy atom. The Balaban J connectivity index is 1.38. The summed E-state index contributed by atoms with van der Waals surface area (Å²) in [6.45, 7) is 0. The zero-order valence-electron chi connectivity index (χ0n) is 16.5. The lowest BCUT2D eigenvalue weighted by molar-refractivity contribution is 1.08. The number of rotatable bonds is 6. The maximum atomic E-state index is 5.56. The van der Waals surface area contributed by atoms with Gasteiger partial charge < -0.3 is 33.6 Å². The second kappa shape index (κ2) is 8.70. The Bertz CT molecular complexity index is 1110. The lowest BCUT2D eigenvalue weighted by Crippen LogP contribution is -2.06. The first-order valence-electron chi connectivity index (χ1n) is 9.13. The molecular weight excluding hydrogens is 412 g/mol. The highest BCUT2D eigenvalue weighted by Crippen LogP contribution is 2.23. The van der Waals surface area contributed by atoms with Gasteiger partial charge in [0.2, 0.25) is 35.7 Å². The highest BCUT2D eigenvalue weighted by molar-refractivity contribution is 5.59. The number of nitrogens with zero attached hydrogens (tertiary/aromatic N) is 8. The summed E-state index contributed by atoms with van der Waals surface area (Å²) in [4.78, 5) is 23.3. The van der Waals surface area contributed by atoms with Crippen molar-refractivity contribution in [2.45, 2.75) is 0 Å². The van der Waals surface area contributed by atoms with Crippen LogP contribution in [0.4, 0.5) is 58.4 Å². The maximum absolute atomic E-state index is 5.56. The van der Waals surface area contributed by atoms with Gasteiger partial charge in [-0.15, -0.1) is 0 Å². The molecule has 2 aromatic carbocycles. The van der Waals surface area contributed by atoms with Crippen LogP contribution in [0.1, 0.15) is 0 Å². The van der Waals surface area contributed by atoms with E-state index in [1.54, 1.807) is 48.5 Å². The summed E-state index contributed by atoms with van der Waals surface area (Å²) in [5.74, 6) is 0.643. The van der Waals surface area contributed by atoms with E-state index >= 15 is 0 Å². The number of aromatic nitrogens is 6. The molecule has 0 amide bonds. The van der Waals surface area contributed by atoms with Crippen LogP contribution in [0.25, 0.3) is 0 Å². The molecule has 0 atom stereocenters. The van der Waals surface area contributed by atoms with Crippen LogP contribution < -0.4 is 33.6 Å². The molecular formula is C18H18N14. The van der Waals surface area contributed by atoms with Crippen molar-refractivity contribution >= 4 is 58.4 Å². The number of nitrogen functional groups attached to an aromatic ring is 4. The van der Waals surface area contributed by atoms with Gasteiger partial charge in [0.15, 0.2) is 0 Å². The van der Waals surface area contributed by atoms with Crippen LogP contribution in [0.5, 0.6) is 0 Å². The predicted octanol–water partition coefficient (Wildman–Crippen LogP) is 2.29. The molecule has 0 radical (unpaired) electrons. The molecule has 160 valence electrons. The minimum absolute atomic E-state index is 0.0354. The monoisotopic (exact) mass is 430 g/mol. The van der Waals surface area contributed by atoms with Crippen molar-refractivity contribution in [2.75, 3.05) is 33.6 Å². The summed E-state index contributed by atoms with van der Waals surface area (Å²) >= 11 is 0. The zero-order valence-corrected chi connectivity index (χ0v) is 16.5. The van der Waals surface area contributed by atoms with Gasteiger partial charge in [0.1, 0.15) is 0 Å². The van der Waals surface area contributed by atoms with E-state index in [-0.39, 0.29) is 35.7 Å². The minimum atomic E-state index is 0.0354. The molecule has 4 rings (SSSR count). The number of anilines is 8. The van der Waals surface area contributed by atoms with Crippen LogP contribution in [-0.2, 0) is 0 Å². The van der Waals surface area contributed by atoms with Crippen LogP contribution in [0.2, 0.25) is 0 Å². The summed E-state index contributed by atoms with van der Waals surface area (Å²) < 4.78 is 0. The van der Waals surface area contributed by atoms with E-state index in [1.165, 1.54) is 0 Å². The van der Waals surface area contributed by atoms with Crippen molar-refractivity contribution in [1.29, 1.82) is 0 Å². The average Bonchev–Trinajstić information content (AvgIpc) is 2.73. The second-order valence-corrected chi connectivity index (χ2v) is 6.29. The standard InChI is InChI=1S/C18H18N14/c19-13-25-14(20)28-17(27-13)23-9-1-5-11(6-2-9)31-32-12-7-3-10(4-8-12)24-18-29-15(21)26-16(22)30-18/h1-8H,(H5,19,20,23,25,27,28)(H5,21,22,24,26,29,30)/b32-31+. The summed E-state index contributed by atoms with van der Waals surface area (Å²) in [5.41, 5.74) is 25.0. The predicted molar refractivity (Wildman–Crippen MR) is 121 cm³/mol. The molecule has 0 unspecified atom stereocenters. The molecule has 32 heavy (non-hydrogen) atoms. The Hall–Kier alpha value is -5.14. The average molecular weight is 430 g/mol. The first-order valence-corrected chi connectivity index (χ1v) is 9.13. The van der Waals surface area contributed by atoms with Gasteiger partial charge in [0, 0.05) is 11.4 Å². The van der Waals surface area contributed by atoms with Crippen LogP contribution in [-0.4, -0.2) is 29.9 Å². The van der Waals surface area contributed by atoms with Crippen LogP contribution in [0.15, 0.2) is 58.8 Å². The van der Waals surface area contributed by atoms with Crippen molar-refractivity contribution < 1.29 is 0 Å². The number of nitrogens with two attached hydrogens (primary N) is 4. The van der Waals surface area contributed by atoms with Gasteiger partial charge in [-0.2, -0.15) is 40.1 Å². The Labute approximate surface area is 181 Å². The third-order valence-electron chi connectivity index (χ3n) is 3.87. The van der Waals surface area contributed by atoms with Gasteiger partial charge in [-0.3, -0.25) is 0 Å². The summed E-state index contributed by atoms with van der Waals surface area (Å²) in [7, 11) is 0. The number of hydrogen-bond donors (Lipinski definition) is 6. The van der Waals surface area contributed by atoms with Gasteiger partial charge >= 0.3 is 0 Å². The van der Waals surface area contributed by atoms with E-state index < -0.39 is 0 Å². The van der Waals surface area contributed by atoms with E-state index in [2.05, 4.69) is 50.8 Å². The van der Waals surface area contributed by atoms with Crippen molar-refractivity contribution in [3.05, 3.63) is 48.5 Å². The van der Waals surface area contributed by atoms with E-state index in [0.29, 0.717) is 11.4 Å². The highest BCUT2D eigenvalue weighted by atomic mass is 15.2. The summed E-state index contributed by atoms with van der Waals surface area (Å²) in [6.07, 6.45) is 0. The van der Waals surface area contributed by atoms with Gasteiger partial charge in [-0.05, 0) is 48.5 Å². The van der Waals surface area contributed by atoms with Gasteiger partial charge in [-0.25, -0.2) is 0 Å². The molecule has 0 aliphatic rings. The summed E-state index contributed by atoms with van der Waals surface area (Å²) in [5, 5.41) is 14.4. The molecule has 0 bridgehead atoms. The largest absolute Gasteiger partial charge is 0.368 e. The molecule has 14 heteroatoms. The van der Waals surface area contributed by atoms with Crippen molar-refractivity contribution in [2.24, 2.45) is 10.2 Å². The molecule has 0 fully saturated rings. The molecule has 0 spiro atoms. The number of nitrogens with one attached hydrogen (secondary N) is 2. The minimum Gasteiger partial charge on any atom is -0.368 e. The highest BCUT2D eigenvalue weighted by Gasteiger charge is 2.04. The van der Waals surface area contributed by atoms with Crippen LogP contribution >= 0.6 is 0 Å². The first-order chi connectivity index (χ1) is 15.4. The molecule has 0 saturated heterocycles. The molecule has 0 aliphatic heterocycles. The van der Waals surface area contributed by atoms with Gasteiger partial charge in [-0.1, -0.05) is 0 Å². The van der Waals surface area contributed by atoms with E-state index in [4.69, 9.17) is 22.9 Å². The fourth-order valence-electron chi connectivity index (χ4n) is 2.53. The van der Waals surface area contributed by atoms with E-state index in [1.807, 2.05) is 0 Å². The van der Waals surface area contributed by atoms with Crippen molar-refractivity contribution in [1.82, 2.24) is 29.9 Å². The quantitative estimate of drug-likeness (QED) is 0.242. The fourth-order valence-corrected chi connectivity index (χ4v) is 2.53.